The predicted octanol–water partition coefficient (Wildman–Crippen LogP) is 2.01. The molecule has 78 heavy (non-hydrogen) atoms. The molecule has 2 aliphatic heterocycles. The van der Waals surface area contributed by atoms with Crippen LogP contribution in [0.1, 0.15) is 49.9 Å². The van der Waals surface area contributed by atoms with Gasteiger partial charge in [0.15, 0.2) is 23.5 Å². The second-order valence-electron chi connectivity index (χ2n) is 18.8. The van der Waals surface area contributed by atoms with Crippen molar-refractivity contribution in [3.8, 4) is 5.75 Å². The number of rotatable bonds is 37. The molecule has 26 nitrogen and oxygen atoms in total. The van der Waals surface area contributed by atoms with Gasteiger partial charge in [-0.1, -0.05) is 5.21 Å². The summed E-state index contributed by atoms with van der Waals surface area (Å²) in [6.07, 6.45) is 1.55. The summed E-state index contributed by atoms with van der Waals surface area (Å²) in [6, 6.07) is 0.840. The minimum atomic E-state index is -4.41. The molecule has 1 spiro atoms. The Kier molecular flexibility index (Phi) is 24.3. The van der Waals surface area contributed by atoms with E-state index in [9.17, 15) is 32.7 Å². The second kappa shape index (κ2) is 31.0. The van der Waals surface area contributed by atoms with Gasteiger partial charge in [0, 0.05) is 30.6 Å². The number of aryl methyl sites for hydroxylation is 1. The number of carbonyl (C=O) groups excluding carboxylic acids is 1. The topological polar surface area (TPSA) is 303 Å². The van der Waals surface area contributed by atoms with Crippen LogP contribution >= 0.6 is 7.60 Å². The van der Waals surface area contributed by atoms with Crippen LogP contribution in [0.2, 0.25) is 0 Å². The number of ether oxygens (including phenoxy) is 12. The predicted molar refractivity (Wildman–Crippen MR) is 264 cm³/mol. The summed E-state index contributed by atoms with van der Waals surface area (Å²) in [4.78, 5) is 41.4. The van der Waals surface area contributed by atoms with Crippen molar-refractivity contribution in [3.63, 3.8) is 0 Å². The van der Waals surface area contributed by atoms with E-state index in [2.05, 4.69) is 30.0 Å². The van der Waals surface area contributed by atoms with Gasteiger partial charge in [-0.3, -0.25) is 9.36 Å². The van der Waals surface area contributed by atoms with Gasteiger partial charge in [-0.2, -0.15) is 5.10 Å². The number of benzene rings is 1. The molecule has 7 rings (SSSR count). The summed E-state index contributed by atoms with van der Waals surface area (Å²) >= 11 is 0. The SMILES string of the molecule is Cc1nc(N2CC3(CCC(OCCOCCOCCOCCOCc4cn(CCOCCOCCOCCOCCC(=O)Oc5c(F)cc(F)cc5F)nn4)CC3)C2)c2cnn([C@@H]3O[C@H](COCP(=O)(O)O)[C@@H](O)[C@H]3O)c2n1. The van der Waals surface area contributed by atoms with Crippen molar-refractivity contribution in [1.82, 2.24) is 34.7 Å². The molecule has 3 aromatic heterocycles. The fourth-order valence-corrected chi connectivity index (χ4v) is 9.23. The van der Waals surface area contributed by atoms with Gasteiger partial charge in [-0.15, -0.1) is 5.10 Å². The van der Waals surface area contributed by atoms with Crippen LogP contribution in [0.25, 0.3) is 11.0 Å². The van der Waals surface area contributed by atoms with Crippen molar-refractivity contribution >= 4 is 30.4 Å². The fraction of sp³-hybridized carbons (Fsp3) is 0.708. The molecule has 4 N–H and O–H groups in total. The van der Waals surface area contributed by atoms with E-state index < -0.39 is 67.7 Å². The number of aliphatic hydroxyl groups is 2. The van der Waals surface area contributed by atoms with Crippen LogP contribution in [0.4, 0.5) is 19.0 Å². The molecule has 4 atom stereocenters. The average Bonchev–Trinajstić information content (AvgIpc) is 4.20. The first-order chi connectivity index (χ1) is 37.7. The molecule has 0 amide bonds. The van der Waals surface area contributed by atoms with Crippen molar-refractivity contribution < 1.29 is 99.4 Å². The number of anilines is 1. The Morgan fingerprint density at radius 1 is 0.769 bits per heavy atom. The van der Waals surface area contributed by atoms with E-state index in [1.54, 1.807) is 24.0 Å². The summed E-state index contributed by atoms with van der Waals surface area (Å²) in [5.74, 6) is -4.38. The largest absolute Gasteiger partial charge is 0.420 e. The van der Waals surface area contributed by atoms with Gasteiger partial charge < -0.3 is 81.7 Å². The highest BCUT2D eigenvalue weighted by Crippen LogP contribution is 2.47. The summed E-state index contributed by atoms with van der Waals surface area (Å²) in [5.41, 5.74) is 1.28. The summed E-state index contributed by atoms with van der Waals surface area (Å²) in [5, 5.41) is 34.7. The van der Waals surface area contributed by atoms with Crippen molar-refractivity contribution in [2.75, 3.05) is 137 Å². The van der Waals surface area contributed by atoms with Crippen molar-refractivity contribution in [1.29, 1.82) is 0 Å². The molecule has 5 heterocycles. The van der Waals surface area contributed by atoms with E-state index in [0.717, 1.165) is 44.6 Å². The van der Waals surface area contributed by atoms with Crippen LogP contribution < -0.4 is 9.64 Å². The zero-order valence-corrected chi connectivity index (χ0v) is 44.3. The quantitative estimate of drug-likeness (QED) is 0.0217. The number of halogens is 3. The number of aliphatic hydroxyl groups excluding tert-OH is 2. The van der Waals surface area contributed by atoms with Crippen LogP contribution in [0.15, 0.2) is 24.5 Å². The molecule has 2 saturated heterocycles. The molecule has 1 aromatic carbocycles. The van der Waals surface area contributed by atoms with Crippen molar-refractivity contribution in [2.45, 2.75) is 82.8 Å². The third kappa shape index (κ3) is 19.1. The zero-order valence-electron chi connectivity index (χ0n) is 43.5. The van der Waals surface area contributed by atoms with Crippen LogP contribution in [-0.4, -0.2) is 217 Å². The summed E-state index contributed by atoms with van der Waals surface area (Å²) in [7, 11) is -4.41. The number of nitrogens with zero attached hydrogens (tertiary/aromatic N) is 8. The molecule has 3 fully saturated rings. The molecule has 30 heteroatoms. The third-order valence-corrected chi connectivity index (χ3v) is 13.3. The standard InChI is InChI=1S/C48H70F3N8O18P/c1-33-53-45(37-26-52-59(46(37)54-33)47-43(62)42(61)40(76-47)29-74-32-78(63,64)65)57-30-48(31-57)5-2-36(3-6-48)75-23-22-72-19-18-70-16-17-71-20-21-73-28-35-27-58(56-55-35)7-9-67-11-13-69-15-14-68-12-10-66-8-4-41(60)77-44-38(50)24-34(49)25-39(44)51/h24-27,36,40,42-43,47,61-62H,2-23,28-32H2,1H3,(H2,63,64,65)/t40-,42-,43-,47-/m1/s1. The maximum Gasteiger partial charge on any atom is 0.350 e. The highest BCUT2D eigenvalue weighted by molar-refractivity contribution is 7.51. The minimum Gasteiger partial charge on any atom is -0.420 e. The van der Waals surface area contributed by atoms with Gasteiger partial charge in [0.05, 0.1) is 156 Å². The Morgan fingerprint density at radius 3 is 1.96 bits per heavy atom. The molecular formula is C48H70F3N8O18P. The van der Waals surface area contributed by atoms with Gasteiger partial charge in [0.25, 0.3) is 0 Å². The zero-order chi connectivity index (χ0) is 55.3. The Morgan fingerprint density at radius 2 is 1.35 bits per heavy atom. The summed E-state index contributed by atoms with van der Waals surface area (Å²) < 4.78 is 120. The monoisotopic (exact) mass is 1130 g/mol. The van der Waals surface area contributed by atoms with E-state index in [1.807, 2.05) is 0 Å². The van der Waals surface area contributed by atoms with Crippen molar-refractivity contribution in [3.05, 3.63) is 53.5 Å². The lowest BCUT2D eigenvalue weighted by atomic mass is 9.68. The smallest absolute Gasteiger partial charge is 0.350 e. The number of carbonyl (C=O) groups is 1. The Hall–Kier alpha value is -4.40. The minimum absolute atomic E-state index is 0.0534. The van der Waals surface area contributed by atoms with Crippen LogP contribution in [0.3, 0.4) is 0 Å². The first kappa shape index (κ1) is 61.2. The Labute approximate surface area is 447 Å². The molecule has 436 valence electrons. The first-order valence-electron chi connectivity index (χ1n) is 25.8. The first-order valence-corrected chi connectivity index (χ1v) is 27.6. The van der Waals surface area contributed by atoms with E-state index in [4.69, 9.17) is 66.9 Å². The van der Waals surface area contributed by atoms with Gasteiger partial charge in [-0.05, 0) is 32.6 Å². The number of hydrogen-bond donors (Lipinski definition) is 4. The number of esters is 1. The number of fused-ring (bicyclic) bond motifs is 1. The molecule has 0 unspecified atom stereocenters. The van der Waals surface area contributed by atoms with E-state index >= 15 is 0 Å². The number of hydrogen-bond acceptors (Lipinski definition) is 22. The maximum absolute atomic E-state index is 13.6. The van der Waals surface area contributed by atoms with Crippen molar-refractivity contribution in [2.24, 2.45) is 5.41 Å². The molecule has 3 aliphatic rings. The van der Waals surface area contributed by atoms with Gasteiger partial charge in [-0.25, -0.2) is 32.5 Å². The maximum atomic E-state index is 13.6. The molecule has 1 saturated carbocycles. The molecule has 0 radical (unpaired) electrons. The van der Waals surface area contributed by atoms with Crippen LogP contribution in [0, 0.1) is 29.8 Å². The van der Waals surface area contributed by atoms with E-state index in [1.165, 1.54) is 4.68 Å². The number of aromatic nitrogens is 7. The summed E-state index contributed by atoms with van der Waals surface area (Å²) in [6.45, 7) is 9.60. The Balaban J connectivity index is 0.615. The normalized spacial score (nSPS) is 19.6. The van der Waals surface area contributed by atoms with Crippen LogP contribution in [0.5, 0.6) is 5.75 Å². The molecule has 4 aromatic rings. The lowest BCUT2D eigenvalue weighted by Crippen LogP contribution is -2.58. The van der Waals surface area contributed by atoms with Gasteiger partial charge in [0.1, 0.15) is 47.8 Å². The fourth-order valence-electron chi connectivity index (χ4n) is 8.89. The molecule has 0 bridgehead atoms. The third-order valence-electron chi connectivity index (χ3n) is 12.8. The van der Waals surface area contributed by atoms with E-state index in [0.29, 0.717) is 134 Å². The van der Waals surface area contributed by atoms with E-state index in [-0.39, 0.29) is 44.4 Å². The highest BCUT2D eigenvalue weighted by atomic mass is 31.2. The van der Waals surface area contributed by atoms with Crippen LogP contribution in [-0.2, 0) is 74.6 Å². The average molecular weight is 1140 g/mol. The lowest BCUT2D eigenvalue weighted by molar-refractivity contribution is -0.136. The molecular weight excluding hydrogens is 1060 g/mol. The lowest BCUT2D eigenvalue weighted by Gasteiger charge is -2.54. The van der Waals surface area contributed by atoms with Gasteiger partial charge >= 0.3 is 13.6 Å². The molecule has 1 aliphatic carbocycles. The highest BCUT2D eigenvalue weighted by Gasteiger charge is 2.48. The second-order valence-corrected chi connectivity index (χ2v) is 20.4. The van der Waals surface area contributed by atoms with Gasteiger partial charge in [0.2, 0.25) is 5.75 Å². The Bertz CT molecular complexity index is 2470.